The van der Waals surface area contributed by atoms with Gasteiger partial charge in [0.2, 0.25) is 5.91 Å². The van der Waals surface area contributed by atoms with Crippen LogP contribution < -0.4 is 31.2 Å². The number of benzene rings is 2. The standard InChI is InChI=1S/C27H33N5O5S/c1-6-27(3,4)30-25(34)22(16-8-12-18(36-5)13-9-16)32(17-10-14-19(15-11-17)37-7-2)26(35)23-20(28)21(24(29)33)31-38-23/h8-15,22H,6-7,28H2,1-5H3,(H2,29,33)(H,30,34)/t22-/m1/s1. The molecule has 11 heteroatoms. The Hall–Kier alpha value is -4.12. The number of aromatic nitrogens is 1. The number of nitrogens with one attached hydrogen (secondary N) is 1. The third kappa shape index (κ3) is 6.23. The molecule has 1 heterocycles. The number of nitrogens with two attached hydrogens (primary N) is 2. The molecule has 202 valence electrons. The smallest absolute Gasteiger partial charge is 0.273 e. The summed E-state index contributed by atoms with van der Waals surface area (Å²) in [5.41, 5.74) is 11.6. The Morgan fingerprint density at radius 3 is 2.16 bits per heavy atom. The van der Waals surface area contributed by atoms with Gasteiger partial charge in [0, 0.05) is 11.2 Å². The predicted octanol–water partition coefficient (Wildman–Crippen LogP) is 3.92. The molecule has 0 radical (unpaired) electrons. The highest BCUT2D eigenvalue weighted by Crippen LogP contribution is 2.35. The summed E-state index contributed by atoms with van der Waals surface area (Å²) in [5.74, 6) is -0.656. The summed E-state index contributed by atoms with van der Waals surface area (Å²) >= 11 is 0.751. The predicted molar refractivity (Wildman–Crippen MR) is 148 cm³/mol. The molecule has 10 nitrogen and oxygen atoms in total. The second kappa shape index (κ2) is 12.0. The van der Waals surface area contributed by atoms with Crippen molar-refractivity contribution in [2.45, 2.75) is 45.7 Å². The van der Waals surface area contributed by atoms with Crippen molar-refractivity contribution in [3.8, 4) is 11.5 Å². The molecule has 0 aliphatic carbocycles. The number of carbonyl (C=O) groups excluding carboxylic acids is 3. The molecule has 1 atom stereocenters. The number of primary amides is 1. The van der Waals surface area contributed by atoms with Crippen molar-refractivity contribution >= 4 is 40.6 Å². The number of rotatable bonds is 11. The van der Waals surface area contributed by atoms with E-state index in [1.54, 1.807) is 55.6 Å². The van der Waals surface area contributed by atoms with Crippen LogP contribution in [0.1, 0.15) is 65.9 Å². The number of methoxy groups -OCH3 is 1. The summed E-state index contributed by atoms with van der Waals surface area (Å²) in [6, 6.07) is 12.6. The lowest BCUT2D eigenvalue weighted by Gasteiger charge is -2.34. The third-order valence-electron chi connectivity index (χ3n) is 6.08. The van der Waals surface area contributed by atoms with E-state index in [1.807, 2.05) is 27.7 Å². The van der Waals surface area contributed by atoms with Gasteiger partial charge in [0.1, 0.15) is 22.4 Å². The van der Waals surface area contributed by atoms with Crippen molar-refractivity contribution in [1.29, 1.82) is 0 Å². The number of hydrogen-bond acceptors (Lipinski definition) is 8. The van der Waals surface area contributed by atoms with Crippen molar-refractivity contribution in [1.82, 2.24) is 9.69 Å². The first kappa shape index (κ1) is 28.5. The van der Waals surface area contributed by atoms with Crippen molar-refractivity contribution in [2.24, 2.45) is 5.73 Å². The summed E-state index contributed by atoms with van der Waals surface area (Å²) in [4.78, 5) is 41.1. The van der Waals surface area contributed by atoms with Gasteiger partial charge < -0.3 is 26.3 Å². The van der Waals surface area contributed by atoms with Crippen LogP contribution in [0.4, 0.5) is 11.4 Å². The van der Waals surface area contributed by atoms with Crippen LogP contribution in [0.25, 0.3) is 0 Å². The van der Waals surface area contributed by atoms with Crippen LogP contribution in [0.2, 0.25) is 0 Å². The molecule has 0 bridgehead atoms. The van der Waals surface area contributed by atoms with Gasteiger partial charge >= 0.3 is 0 Å². The average molecular weight is 540 g/mol. The van der Waals surface area contributed by atoms with Gasteiger partial charge in [-0.2, -0.15) is 4.37 Å². The Labute approximate surface area is 226 Å². The first-order valence-electron chi connectivity index (χ1n) is 12.1. The molecule has 0 aliphatic rings. The van der Waals surface area contributed by atoms with E-state index in [9.17, 15) is 14.4 Å². The molecule has 0 saturated carbocycles. The number of nitrogens with zero attached hydrogens (tertiary/aromatic N) is 2. The molecule has 0 saturated heterocycles. The highest BCUT2D eigenvalue weighted by atomic mass is 32.1. The topological polar surface area (TPSA) is 150 Å². The fourth-order valence-electron chi connectivity index (χ4n) is 3.69. The first-order valence-corrected chi connectivity index (χ1v) is 12.9. The van der Waals surface area contributed by atoms with E-state index >= 15 is 0 Å². The quantitative estimate of drug-likeness (QED) is 0.334. The van der Waals surface area contributed by atoms with E-state index < -0.39 is 29.3 Å². The van der Waals surface area contributed by atoms with Crippen LogP contribution in [0.3, 0.4) is 0 Å². The number of anilines is 2. The maximum Gasteiger partial charge on any atom is 0.273 e. The molecule has 5 N–H and O–H groups in total. The molecule has 0 unspecified atom stereocenters. The molecule has 3 amide bonds. The maximum absolute atomic E-state index is 14.1. The van der Waals surface area contributed by atoms with E-state index in [0.29, 0.717) is 35.8 Å². The molecule has 38 heavy (non-hydrogen) atoms. The Kier molecular flexibility index (Phi) is 8.95. The first-order chi connectivity index (χ1) is 18.0. The van der Waals surface area contributed by atoms with Crippen LogP contribution in [-0.4, -0.2) is 41.4 Å². The Morgan fingerprint density at radius 1 is 1.05 bits per heavy atom. The minimum Gasteiger partial charge on any atom is -0.497 e. The van der Waals surface area contributed by atoms with Gasteiger partial charge in [0.15, 0.2) is 5.69 Å². The number of amides is 3. The molecule has 0 fully saturated rings. The second-order valence-corrected chi connectivity index (χ2v) is 9.92. The van der Waals surface area contributed by atoms with Gasteiger partial charge in [-0.1, -0.05) is 19.1 Å². The molecule has 0 aliphatic heterocycles. The van der Waals surface area contributed by atoms with E-state index in [-0.39, 0.29) is 16.3 Å². The summed E-state index contributed by atoms with van der Waals surface area (Å²) in [5, 5.41) is 3.05. The van der Waals surface area contributed by atoms with E-state index in [2.05, 4.69) is 9.69 Å². The van der Waals surface area contributed by atoms with Gasteiger partial charge in [-0.15, -0.1) is 0 Å². The molecule has 2 aromatic carbocycles. The van der Waals surface area contributed by atoms with Gasteiger partial charge in [-0.25, -0.2) is 0 Å². The highest BCUT2D eigenvalue weighted by molar-refractivity contribution is 7.09. The fourth-order valence-corrected chi connectivity index (χ4v) is 4.43. The SMILES string of the molecule is CCOc1ccc(N(C(=O)c2snc(C(N)=O)c2N)[C@@H](C(=O)NC(C)(C)CC)c2ccc(OC)cc2)cc1. The minimum absolute atomic E-state index is 0.00579. The van der Waals surface area contributed by atoms with Gasteiger partial charge in [-0.05, 0) is 80.7 Å². The Morgan fingerprint density at radius 2 is 1.66 bits per heavy atom. The third-order valence-corrected chi connectivity index (χ3v) is 6.93. The van der Waals surface area contributed by atoms with E-state index in [0.717, 1.165) is 11.5 Å². The number of nitrogen functional groups attached to an aromatic ring is 1. The average Bonchev–Trinajstić information content (AvgIpc) is 3.29. The van der Waals surface area contributed by atoms with Crippen molar-refractivity contribution < 1.29 is 23.9 Å². The van der Waals surface area contributed by atoms with Crippen LogP contribution >= 0.6 is 11.5 Å². The summed E-state index contributed by atoms with van der Waals surface area (Å²) in [6.07, 6.45) is 0.662. The minimum atomic E-state index is -1.10. The van der Waals surface area contributed by atoms with Crippen LogP contribution in [-0.2, 0) is 4.79 Å². The molecule has 3 rings (SSSR count). The number of carbonyl (C=O) groups is 3. The van der Waals surface area contributed by atoms with Crippen molar-refractivity contribution in [3.63, 3.8) is 0 Å². The van der Waals surface area contributed by atoms with Crippen molar-refractivity contribution in [3.05, 3.63) is 64.7 Å². The van der Waals surface area contributed by atoms with Gasteiger partial charge in [0.05, 0.1) is 19.4 Å². The Balaban J connectivity index is 2.22. The van der Waals surface area contributed by atoms with Crippen LogP contribution in [0, 0.1) is 0 Å². The zero-order chi connectivity index (χ0) is 28.0. The van der Waals surface area contributed by atoms with Crippen LogP contribution in [0.5, 0.6) is 11.5 Å². The number of hydrogen-bond donors (Lipinski definition) is 3. The molecule has 3 aromatic rings. The zero-order valence-electron chi connectivity index (χ0n) is 22.1. The monoisotopic (exact) mass is 539 g/mol. The van der Waals surface area contributed by atoms with E-state index in [1.165, 1.54) is 4.90 Å². The zero-order valence-corrected chi connectivity index (χ0v) is 22.9. The lowest BCUT2D eigenvalue weighted by atomic mass is 9.98. The fraction of sp³-hybridized carbons (Fsp3) is 0.333. The lowest BCUT2D eigenvalue weighted by molar-refractivity contribution is -0.124. The van der Waals surface area contributed by atoms with Crippen molar-refractivity contribution in [2.75, 3.05) is 24.4 Å². The molecular formula is C27H33N5O5S. The Bertz CT molecular complexity index is 1290. The summed E-state index contributed by atoms with van der Waals surface area (Å²) in [7, 11) is 1.54. The van der Waals surface area contributed by atoms with Gasteiger partial charge in [-0.3, -0.25) is 19.3 Å². The maximum atomic E-state index is 14.1. The summed E-state index contributed by atoms with van der Waals surface area (Å²) < 4.78 is 14.8. The highest BCUT2D eigenvalue weighted by Gasteiger charge is 2.37. The molecule has 1 aromatic heterocycles. The lowest BCUT2D eigenvalue weighted by Crippen LogP contribution is -2.50. The normalized spacial score (nSPS) is 11.9. The molecule has 0 spiro atoms. The largest absolute Gasteiger partial charge is 0.497 e. The van der Waals surface area contributed by atoms with E-state index in [4.69, 9.17) is 20.9 Å². The van der Waals surface area contributed by atoms with Gasteiger partial charge in [0.25, 0.3) is 11.8 Å². The summed E-state index contributed by atoms with van der Waals surface area (Å²) in [6.45, 7) is 8.10. The molecular weight excluding hydrogens is 506 g/mol. The number of ether oxygens (including phenoxy) is 2. The van der Waals surface area contributed by atoms with Crippen LogP contribution in [0.15, 0.2) is 48.5 Å². The second-order valence-electron chi connectivity index (χ2n) is 9.14.